The monoisotopic (exact) mass is 426 g/mol. The number of nitrogens with zero attached hydrogens (tertiary/aromatic N) is 1. The summed E-state index contributed by atoms with van der Waals surface area (Å²) in [4.78, 5) is 38.1. The minimum atomic E-state index is -0.859. The van der Waals surface area contributed by atoms with Crippen molar-refractivity contribution >= 4 is 23.5 Å². The Morgan fingerprint density at radius 2 is 1.81 bits per heavy atom. The highest BCUT2D eigenvalue weighted by Crippen LogP contribution is 2.34. The number of amides is 2. The van der Waals surface area contributed by atoms with Gasteiger partial charge in [0.25, 0.3) is 0 Å². The summed E-state index contributed by atoms with van der Waals surface area (Å²) < 4.78 is 13.6. The second-order valence-electron chi connectivity index (χ2n) is 7.80. The van der Waals surface area contributed by atoms with Crippen molar-refractivity contribution in [2.75, 3.05) is 18.4 Å². The topological polar surface area (TPSA) is 86.7 Å². The van der Waals surface area contributed by atoms with Crippen LogP contribution in [0.2, 0.25) is 0 Å². The summed E-state index contributed by atoms with van der Waals surface area (Å²) in [5, 5.41) is 11.5. The zero-order valence-corrected chi connectivity index (χ0v) is 17.4. The van der Waals surface area contributed by atoms with Gasteiger partial charge in [0.05, 0.1) is 5.92 Å². The van der Waals surface area contributed by atoms with E-state index in [1.54, 1.807) is 11.0 Å². The van der Waals surface area contributed by atoms with Crippen LogP contribution in [-0.2, 0) is 20.8 Å². The molecular formula is C24H27FN2O4. The Morgan fingerprint density at radius 3 is 2.55 bits per heavy atom. The second kappa shape index (κ2) is 10.7. The highest BCUT2D eigenvalue weighted by molar-refractivity contribution is 6.01. The van der Waals surface area contributed by atoms with Gasteiger partial charge in [-0.15, -0.1) is 0 Å². The van der Waals surface area contributed by atoms with Gasteiger partial charge in [-0.25, -0.2) is 4.39 Å². The van der Waals surface area contributed by atoms with Crippen LogP contribution in [0.5, 0.6) is 0 Å². The molecule has 1 atom stereocenters. The van der Waals surface area contributed by atoms with Crippen LogP contribution < -0.4 is 5.32 Å². The summed E-state index contributed by atoms with van der Waals surface area (Å²) in [6, 6.07) is 14.1. The molecule has 0 aliphatic carbocycles. The first-order valence-electron chi connectivity index (χ1n) is 10.6. The van der Waals surface area contributed by atoms with Gasteiger partial charge >= 0.3 is 5.97 Å². The van der Waals surface area contributed by atoms with Gasteiger partial charge < -0.3 is 15.3 Å². The molecule has 1 aliphatic rings. The third kappa shape index (κ3) is 6.38. The van der Waals surface area contributed by atoms with E-state index in [0.717, 1.165) is 12.8 Å². The van der Waals surface area contributed by atoms with E-state index in [-0.39, 0.29) is 24.7 Å². The van der Waals surface area contributed by atoms with Gasteiger partial charge in [0, 0.05) is 31.6 Å². The number of hydrogen-bond acceptors (Lipinski definition) is 3. The molecule has 0 radical (unpaired) electrons. The first kappa shape index (κ1) is 22.5. The number of fused-ring (bicyclic) bond motifs is 1. The molecule has 2 aromatic rings. The smallest absolute Gasteiger partial charge is 0.303 e. The van der Waals surface area contributed by atoms with Crippen LogP contribution in [0.3, 0.4) is 0 Å². The van der Waals surface area contributed by atoms with Gasteiger partial charge in [-0.2, -0.15) is 0 Å². The Hall–Kier alpha value is -3.22. The lowest BCUT2D eigenvalue weighted by molar-refractivity contribution is -0.137. The van der Waals surface area contributed by atoms with Crippen molar-refractivity contribution in [3.8, 4) is 0 Å². The van der Waals surface area contributed by atoms with E-state index in [4.69, 9.17) is 5.11 Å². The second-order valence-corrected chi connectivity index (χ2v) is 7.80. The maximum Gasteiger partial charge on any atom is 0.303 e. The van der Waals surface area contributed by atoms with E-state index in [2.05, 4.69) is 5.32 Å². The molecule has 1 unspecified atom stereocenters. The number of carboxylic acid groups (broad SMARTS) is 1. The van der Waals surface area contributed by atoms with E-state index in [1.165, 1.54) is 17.7 Å². The zero-order chi connectivity index (χ0) is 22.2. The molecule has 3 rings (SSSR count). The number of unbranched alkanes of at least 4 members (excludes halogenated alkanes) is 1. The fraction of sp³-hybridized carbons (Fsp3) is 0.375. The van der Waals surface area contributed by atoms with Gasteiger partial charge in [-0.1, -0.05) is 36.4 Å². The molecule has 0 spiro atoms. The number of aryl methyl sites for hydroxylation is 1. The fourth-order valence-electron chi connectivity index (χ4n) is 3.91. The molecule has 1 heterocycles. The SMILES string of the molecule is O=C(O)CCCCN(CCCc1ccccc1)C(=O)C1CC(=O)Nc2cc(F)ccc21. The van der Waals surface area contributed by atoms with Crippen LogP contribution in [0, 0.1) is 5.82 Å². The van der Waals surface area contributed by atoms with E-state index >= 15 is 0 Å². The van der Waals surface area contributed by atoms with Crippen LogP contribution >= 0.6 is 0 Å². The van der Waals surface area contributed by atoms with Gasteiger partial charge in [0.15, 0.2) is 0 Å². The predicted octanol–water partition coefficient (Wildman–Crippen LogP) is 3.97. The number of hydrogen-bond donors (Lipinski definition) is 2. The highest BCUT2D eigenvalue weighted by atomic mass is 19.1. The fourth-order valence-corrected chi connectivity index (χ4v) is 3.91. The largest absolute Gasteiger partial charge is 0.481 e. The van der Waals surface area contributed by atoms with Crippen molar-refractivity contribution < 1.29 is 23.9 Å². The van der Waals surface area contributed by atoms with Crippen molar-refractivity contribution in [3.05, 3.63) is 65.5 Å². The summed E-state index contributed by atoms with van der Waals surface area (Å²) in [5.41, 5.74) is 2.13. The summed E-state index contributed by atoms with van der Waals surface area (Å²) >= 11 is 0. The van der Waals surface area contributed by atoms with Crippen molar-refractivity contribution in [3.63, 3.8) is 0 Å². The van der Waals surface area contributed by atoms with Crippen LogP contribution in [-0.4, -0.2) is 40.9 Å². The Morgan fingerprint density at radius 1 is 1.06 bits per heavy atom. The molecule has 0 saturated heterocycles. The van der Waals surface area contributed by atoms with E-state index in [9.17, 15) is 18.8 Å². The quantitative estimate of drug-likeness (QED) is 0.563. The van der Waals surface area contributed by atoms with Crippen LogP contribution in [0.15, 0.2) is 48.5 Å². The maximum atomic E-state index is 13.6. The summed E-state index contributed by atoms with van der Waals surface area (Å²) in [5.74, 6) is -2.49. The van der Waals surface area contributed by atoms with Gasteiger partial charge in [-0.3, -0.25) is 14.4 Å². The third-order valence-electron chi connectivity index (χ3n) is 5.47. The predicted molar refractivity (Wildman–Crippen MR) is 115 cm³/mol. The number of rotatable bonds is 10. The lowest BCUT2D eigenvalue weighted by atomic mass is 9.89. The van der Waals surface area contributed by atoms with Gasteiger partial charge in [-0.05, 0) is 48.9 Å². The molecule has 0 bridgehead atoms. The van der Waals surface area contributed by atoms with E-state index < -0.39 is 17.7 Å². The minimum Gasteiger partial charge on any atom is -0.481 e. The van der Waals surface area contributed by atoms with Crippen molar-refractivity contribution in [1.82, 2.24) is 4.90 Å². The van der Waals surface area contributed by atoms with Crippen molar-refractivity contribution in [2.45, 2.75) is 44.4 Å². The number of halogens is 1. The number of aliphatic carboxylic acids is 1. The zero-order valence-electron chi connectivity index (χ0n) is 17.4. The van der Waals surface area contributed by atoms with Gasteiger partial charge in [0.1, 0.15) is 5.82 Å². The Labute approximate surface area is 181 Å². The van der Waals surface area contributed by atoms with Crippen molar-refractivity contribution in [2.24, 2.45) is 0 Å². The molecule has 2 aromatic carbocycles. The molecular weight excluding hydrogens is 399 g/mol. The third-order valence-corrected chi connectivity index (χ3v) is 5.47. The molecule has 2 N–H and O–H groups in total. The number of benzene rings is 2. The average molecular weight is 426 g/mol. The minimum absolute atomic E-state index is 0.0157. The molecule has 1 aliphatic heterocycles. The molecule has 2 amide bonds. The number of carbonyl (C=O) groups is 3. The van der Waals surface area contributed by atoms with Crippen LogP contribution in [0.25, 0.3) is 0 Å². The molecule has 7 heteroatoms. The normalized spacial score (nSPS) is 15.1. The maximum absolute atomic E-state index is 13.6. The first-order valence-corrected chi connectivity index (χ1v) is 10.6. The number of nitrogens with one attached hydrogen (secondary N) is 1. The summed E-state index contributed by atoms with van der Waals surface area (Å²) in [6.45, 7) is 0.936. The van der Waals surface area contributed by atoms with Gasteiger partial charge in [0.2, 0.25) is 11.8 Å². The summed E-state index contributed by atoms with van der Waals surface area (Å²) in [6.07, 6.45) is 2.68. The van der Waals surface area contributed by atoms with E-state index in [0.29, 0.717) is 37.2 Å². The molecule has 164 valence electrons. The first-order chi connectivity index (χ1) is 14.9. The standard InChI is InChI=1S/C24H27FN2O4/c25-18-11-12-19-20(16-22(28)26-21(19)15-18)24(31)27(13-5-4-10-23(29)30)14-6-9-17-7-2-1-3-8-17/h1-3,7-8,11-12,15,20H,4-6,9-10,13-14,16H2,(H,26,28)(H,29,30). The summed E-state index contributed by atoms with van der Waals surface area (Å²) in [7, 11) is 0. The molecule has 6 nitrogen and oxygen atoms in total. The lowest BCUT2D eigenvalue weighted by Gasteiger charge is -2.31. The number of carbonyl (C=O) groups excluding carboxylic acids is 2. The molecule has 0 fully saturated rings. The Bertz CT molecular complexity index is 932. The highest BCUT2D eigenvalue weighted by Gasteiger charge is 2.33. The number of carboxylic acids is 1. The van der Waals surface area contributed by atoms with Crippen LogP contribution in [0.1, 0.15) is 49.1 Å². The number of anilines is 1. The van der Waals surface area contributed by atoms with Crippen molar-refractivity contribution in [1.29, 1.82) is 0 Å². The Balaban J connectivity index is 1.71. The Kier molecular flexibility index (Phi) is 7.76. The van der Waals surface area contributed by atoms with E-state index in [1.807, 2.05) is 30.3 Å². The van der Waals surface area contributed by atoms with Crippen LogP contribution in [0.4, 0.5) is 10.1 Å². The molecule has 0 aromatic heterocycles. The lowest BCUT2D eigenvalue weighted by Crippen LogP contribution is -2.40. The molecule has 31 heavy (non-hydrogen) atoms. The molecule has 0 saturated carbocycles. The average Bonchev–Trinajstić information content (AvgIpc) is 2.74.